The molecular formula is C16H25NO4S2. The summed E-state index contributed by atoms with van der Waals surface area (Å²) >= 11 is 0. The van der Waals surface area contributed by atoms with Crippen LogP contribution in [0.3, 0.4) is 0 Å². The van der Waals surface area contributed by atoms with Crippen molar-refractivity contribution in [2.24, 2.45) is 0 Å². The van der Waals surface area contributed by atoms with E-state index < -0.39 is 31.0 Å². The topological polar surface area (TPSA) is 80.3 Å². The lowest BCUT2D eigenvalue weighted by Gasteiger charge is -2.20. The number of hydrogen-bond acceptors (Lipinski definition) is 5. The van der Waals surface area contributed by atoms with E-state index in [1.54, 1.807) is 24.3 Å². The fourth-order valence-electron chi connectivity index (χ4n) is 2.88. The molecule has 2 atom stereocenters. The predicted octanol–water partition coefficient (Wildman–Crippen LogP) is 1.71. The molecule has 1 aromatic rings. The summed E-state index contributed by atoms with van der Waals surface area (Å²) in [5.74, 6) is -0.399. The Balaban J connectivity index is 2.21. The molecule has 0 saturated carbocycles. The molecule has 130 valence electrons. The van der Waals surface area contributed by atoms with Crippen molar-refractivity contribution in [3.05, 3.63) is 29.8 Å². The molecule has 0 aromatic heterocycles. The van der Waals surface area contributed by atoms with Gasteiger partial charge in [-0.05, 0) is 32.0 Å². The van der Waals surface area contributed by atoms with Crippen LogP contribution < -0.4 is 5.32 Å². The van der Waals surface area contributed by atoms with Crippen LogP contribution in [0.25, 0.3) is 0 Å². The normalized spacial score (nSPS) is 23.9. The van der Waals surface area contributed by atoms with Gasteiger partial charge in [0.1, 0.15) is 0 Å². The molecule has 1 aliphatic rings. The first-order valence-corrected chi connectivity index (χ1v) is 11.4. The van der Waals surface area contributed by atoms with Gasteiger partial charge in [0, 0.05) is 6.04 Å². The average Bonchev–Trinajstić information content (AvgIpc) is 2.80. The largest absolute Gasteiger partial charge is 0.312 e. The highest BCUT2D eigenvalue weighted by Crippen LogP contribution is 2.26. The molecule has 1 aromatic carbocycles. The van der Waals surface area contributed by atoms with Gasteiger partial charge in [-0.1, -0.05) is 37.5 Å². The molecular weight excluding hydrogens is 334 g/mol. The monoisotopic (exact) mass is 359 g/mol. The van der Waals surface area contributed by atoms with E-state index in [4.69, 9.17) is 0 Å². The molecule has 0 radical (unpaired) electrons. The molecule has 7 heteroatoms. The van der Waals surface area contributed by atoms with E-state index in [9.17, 15) is 16.8 Å². The van der Waals surface area contributed by atoms with Gasteiger partial charge in [0.25, 0.3) is 0 Å². The van der Waals surface area contributed by atoms with Crippen LogP contribution in [0.5, 0.6) is 0 Å². The van der Waals surface area contributed by atoms with Gasteiger partial charge >= 0.3 is 0 Å². The highest BCUT2D eigenvalue weighted by Gasteiger charge is 2.45. The van der Waals surface area contributed by atoms with Gasteiger partial charge in [-0.15, -0.1) is 0 Å². The van der Waals surface area contributed by atoms with Gasteiger partial charge in [0.05, 0.1) is 21.7 Å². The summed E-state index contributed by atoms with van der Waals surface area (Å²) < 4.78 is 49.6. The molecule has 1 aliphatic heterocycles. The van der Waals surface area contributed by atoms with E-state index in [2.05, 4.69) is 12.2 Å². The minimum Gasteiger partial charge on any atom is -0.312 e. The smallest absolute Gasteiger partial charge is 0.183 e. The molecule has 1 saturated heterocycles. The van der Waals surface area contributed by atoms with Gasteiger partial charge in [-0.25, -0.2) is 16.8 Å². The fourth-order valence-corrected chi connectivity index (χ4v) is 7.59. The van der Waals surface area contributed by atoms with Crippen LogP contribution in [0.4, 0.5) is 0 Å². The number of sulfone groups is 2. The fraction of sp³-hybridized carbons (Fsp3) is 0.625. The van der Waals surface area contributed by atoms with E-state index >= 15 is 0 Å². The third-order valence-corrected chi connectivity index (χ3v) is 8.40. The lowest BCUT2D eigenvalue weighted by Crippen LogP contribution is -2.43. The lowest BCUT2D eigenvalue weighted by molar-refractivity contribution is 0.513. The summed E-state index contributed by atoms with van der Waals surface area (Å²) in [4.78, 5) is 0.200. The van der Waals surface area contributed by atoms with Crippen molar-refractivity contribution in [3.63, 3.8) is 0 Å². The molecule has 2 rings (SSSR count). The van der Waals surface area contributed by atoms with Crippen molar-refractivity contribution in [2.75, 3.05) is 18.1 Å². The molecule has 23 heavy (non-hydrogen) atoms. The Morgan fingerprint density at radius 3 is 2.39 bits per heavy atom. The molecule has 0 spiro atoms. The SMILES string of the molecule is CCCCCNC1CS(=O)(=O)CC1S(=O)(=O)c1ccc(C)cc1. The second kappa shape index (κ2) is 7.32. The molecule has 5 nitrogen and oxygen atoms in total. The Bertz CT molecular complexity index is 724. The zero-order valence-electron chi connectivity index (χ0n) is 13.7. The minimum atomic E-state index is -3.66. The van der Waals surface area contributed by atoms with E-state index in [1.807, 2.05) is 6.92 Å². The zero-order chi connectivity index (χ0) is 17.1. The van der Waals surface area contributed by atoms with Crippen molar-refractivity contribution in [1.29, 1.82) is 0 Å². The van der Waals surface area contributed by atoms with Gasteiger partial charge in [0.2, 0.25) is 0 Å². The van der Waals surface area contributed by atoms with Crippen LogP contribution in [0.2, 0.25) is 0 Å². The van der Waals surface area contributed by atoms with Crippen molar-refractivity contribution in [3.8, 4) is 0 Å². The number of aryl methyl sites for hydroxylation is 1. The first-order valence-electron chi connectivity index (χ1n) is 8.00. The number of benzene rings is 1. The maximum absolute atomic E-state index is 12.8. The van der Waals surface area contributed by atoms with Crippen LogP contribution in [-0.4, -0.2) is 46.2 Å². The van der Waals surface area contributed by atoms with Crippen molar-refractivity contribution >= 4 is 19.7 Å². The molecule has 1 fully saturated rings. The Labute approximate surface area is 139 Å². The van der Waals surface area contributed by atoms with Gasteiger partial charge in [-0.2, -0.15) is 0 Å². The van der Waals surface area contributed by atoms with Crippen LogP contribution in [0, 0.1) is 6.92 Å². The summed E-state index contributed by atoms with van der Waals surface area (Å²) in [5.41, 5.74) is 0.970. The summed E-state index contributed by atoms with van der Waals surface area (Å²) in [6.07, 6.45) is 3.03. The van der Waals surface area contributed by atoms with E-state index in [1.165, 1.54) is 0 Å². The number of nitrogens with one attached hydrogen (secondary N) is 1. The highest BCUT2D eigenvalue weighted by atomic mass is 32.2. The summed E-state index contributed by atoms with van der Waals surface area (Å²) in [5, 5.41) is 2.25. The van der Waals surface area contributed by atoms with E-state index in [0.717, 1.165) is 24.8 Å². The molecule has 0 bridgehead atoms. The summed E-state index contributed by atoms with van der Waals surface area (Å²) in [7, 11) is -6.99. The quantitative estimate of drug-likeness (QED) is 0.750. The standard InChI is InChI=1S/C16H25NO4S2/c1-3-4-5-10-17-15-11-22(18,19)12-16(15)23(20,21)14-8-6-13(2)7-9-14/h6-9,15-17H,3-5,10-12H2,1-2H3. The maximum atomic E-state index is 12.8. The third kappa shape index (κ3) is 4.55. The van der Waals surface area contributed by atoms with Crippen LogP contribution in [-0.2, 0) is 19.7 Å². The zero-order valence-corrected chi connectivity index (χ0v) is 15.3. The van der Waals surface area contributed by atoms with Crippen LogP contribution >= 0.6 is 0 Å². The van der Waals surface area contributed by atoms with Gasteiger partial charge in [0.15, 0.2) is 19.7 Å². The number of hydrogen-bond donors (Lipinski definition) is 1. The van der Waals surface area contributed by atoms with E-state index in [0.29, 0.717) is 6.54 Å². The van der Waals surface area contributed by atoms with Crippen molar-refractivity contribution < 1.29 is 16.8 Å². The second-order valence-corrected chi connectivity index (χ2v) is 10.6. The second-order valence-electron chi connectivity index (χ2n) is 6.24. The molecule has 1 heterocycles. The first kappa shape index (κ1) is 18.4. The van der Waals surface area contributed by atoms with Gasteiger partial charge < -0.3 is 5.32 Å². The van der Waals surface area contributed by atoms with Crippen LogP contribution in [0.15, 0.2) is 29.2 Å². The predicted molar refractivity (Wildman–Crippen MR) is 92.1 cm³/mol. The maximum Gasteiger partial charge on any atom is 0.183 e. The third-order valence-electron chi connectivity index (χ3n) is 4.24. The molecule has 2 unspecified atom stereocenters. The summed E-state index contributed by atoms with van der Waals surface area (Å²) in [6, 6.07) is 6.07. The van der Waals surface area contributed by atoms with Crippen LogP contribution in [0.1, 0.15) is 31.7 Å². The average molecular weight is 360 g/mol. The Morgan fingerprint density at radius 1 is 1.13 bits per heavy atom. The van der Waals surface area contributed by atoms with Gasteiger partial charge in [-0.3, -0.25) is 0 Å². The minimum absolute atomic E-state index is 0.102. The van der Waals surface area contributed by atoms with Crippen molar-refractivity contribution in [2.45, 2.75) is 49.3 Å². The molecule has 0 aliphatic carbocycles. The highest BCUT2D eigenvalue weighted by molar-refractivity contribution is 7.96. The number of rotatable bonds is 7. The van der Waals surface area contributed by atoms with E-state index in [-0.39, 0.29) is 16.4 Å². The molecule has 0 amide bonds. The summed E-state index contributed by atoms with van der Waals surface area (Å²) in [6.45, 7) is 4.62. The lowest BCUT2D eigenvalue weighted by atomic mass is 10.2. The number of unbranched alkanes of at least 4 members (excludes halogenated alkanes) is 2. The Hall–Kier alpha value is -0.920. The molecule has 1 N–H and O–H groups in total. The first-order chi connectivity index (χ1) is 10.8. The van der Waals surface area contributed by atoms with Crippen molar-refractivity contribution in [1.82, 2.24) is 5.32 Å². The Kier molecular flexibility index (Phi) is 5.86. The Morgan fingerprint density at radius 2 is 1.78 bits per heavy atom.